The van der Waals surface area contributed by atoms with Gasteiger partial charge in [-0.15, -0.1) is 0 Å². The molecule has 0 fully saturated rings. The molecule has 10 heteroatoms. The molecule has 0 spiro atoms. The highest BCUT2D eigenvalue weighted by molar-refractivity contribution is 9.10. The van der Waals surface area contributed by atoms with E-state index in [1.54, 1.807) is 45.2 Å². The fourth-order valence-electron chi connectivity index (χ4n) is 4.35. The number of aryl methyl sites for hydroxylation is 1. The summed E-state index contributed by atoms with van der Waals surface area (Å²) < 4.78 is 18.2. The number of nitrogens with zero attached hydrogens (tertiary/aromatic N) is 3. The normalized spacial score (nSPS) is 12.2. The summed E-state index contributed by atoms with van der Waals surface area (Å²) in [6.07, 6.45) is 0.676. The van der Waals surface area contributed by atoms with Gasteiger partial charge in [0.05, 0.1) is 40.3 Å². The van der Waals surface area contributed by atoms with Gasteiger partial charge in [0.25, 0.3) is 5.56 Å². The quantitative estimate of drug-likeness (QED) is 0.143. The number of halogens is 2. The minimum atomic E-state index is -0.850. The fourth-order valence-corrected chi connectivity index (χ4v) is 5.31. The number of fused-ring (bicyclic) bond motifs is 1. The smallest absolute Gasteiger partial charge is 0.347 e. The summed E-state index contributed by atoms with van der Waals surface area (Å²) in [6.45, 7) is 9.67. The average molecular weight is 641 g/mol. The molecule has 41 heavy (non-hydrogen) atoms. The number of aromatic nitrogens is 2. The predicted octanol–water partition coefficient (Wildman–Crippen LogP) is 7.13. The molecule has 4 rings (SSSR count). The van der Waals surface area contributed by atoms with Gasteiger partial charge in [0.15, 0.2) is 17.7 Å². The van der Waals surface area contributed by atoms with Crippen molar-refractivity contribution in [2.24, 2.45) is 5.10 Å². The lowest BCUT2D eigenvalue weighted by Gasteiger charge is -2.17. The summed E-state index contributed by atoms with van der Waals surface area (Å²) in [7, 11) is 1.64. The molecule has 0 radical (unpaired) electrons. The van der Waals surface area contributed by atoms with Crippen molar-refractivity contribution >= 4 is 50.6 Å². The maximum atomic E-state index is 13.7. The van der Waals surface area contributed by atoms with E-state index in [0.29, 0.717) is 32.5 Å². The second kappa shape index (κ2) is 12.9. The second-order valence-corrected chi connectivity index (χ2v) is 11.0. The van der Waals surface area contributed by atoms with Gasteiger partial charge in [0.1, 0.15) is 5.75 Å². The molecule has 0 amide bonds. The Bertz CT molecular complexity index is 1680. The molecule has 4 aromatic rings. The molecule has 3 aromatic carbocycles. The van der Waals surface area contributed by atoms with Crippen LogP contribution in [0.25, 0.3) is 22.3 Å². The SMILES string of the molecule is CCOC(=O)[C@H](C)Oc1c(Cl)cc(C=Nn2c(-c3cc(C(C)C)c(OC)cc3C)nc3ccccc3c2=O)cc1Br. The van der Waals surface area contributed by atoms with E-state index in [4.69, 9.17) is 30.8 Å². The first-order chi connectivity index (χ1) is 19.5. The number of hydrogen-bond donors (Lipinski definition) is 0. The molecule has 0 aliphatic heterocycles. The first-order valence-corrected chi connectivity index (χ1v) is 14.3. The van der Waals surface area contributed by atoms with Crippen LogP contribution < -0.4 is 15.0 Å². The van der Waals surface area contributed by atoms with Crippen LogP contribution in [-0.2, 0) is 9.53 Å². The molecule has 1 atom stereocenters. The summed E-state index contributed by atoms with van der Waals surface area (Å²) in [6, 6.07) is 14.5. The van der Waals surface area contributed by atoms with E-state index in [2.05, 4.69) is 34.9 Å². The highest BCUT2D eigenvalue weighted by Crippen LogP contribution is 2.36. The number of carbonyl (C=O) groups is 1. The Hall–Kier alpha value is -3.69. The molecule has 0 saturated carbocycles. The summed E-state index contributed by atoms with van der Waals surface area (Å²) in [5, 5.41) is 5.28. The van der Waals surface area contributed by atoms with Crippen molar-refractivity contribution < 1.29 is 19.0 Å². The van der Waals surface area contributed by atoms with Gasteiger partial charge in [-0.05, 0) is 95.7 Å². The second-order valence-electron chi connectivity index (χ2n) is 9.70. The zero-order valence-electron chi connectivity index (χ0n) is 23.7. The minimum absolute atomic E-state index is 0.181. The zero-order chi connectivity index (χ0) is 29.8. The number of carbonyl (C=O) groups excluding carboxylic acids is 1. The molecule has 0 unspecified atom stereocenters. The van der Waals surface area contributed by atoms with E-state index in [1.807, 2.05) is 31.2 Å². The van der Waals surface area contributed by atoms with Crippen molar-refractivity contribution in [3.63, 3.8) is 0 Å². The molecule has 1 heterocycles. The first-order valence-electron chi connectivity index (χ1n) is 13.1. The number of rotatable bonds is 9. The maximum Gasteiger partial charge on any atom is 0.347 e. The zero-order valence-corrected chi connectivity index (χ0v) is 26.0. The van der Waals surface area contributed by atoms with Crippen LogP contribution in [0.2, 0.25) is 5.02 Å². The molecular weight excluding hydrogens is 610 g/mol. The van der Waals surface area contributed by atoms with E-state index in [0.717, 1.165) is 22.4 Å². The van der Waals surface area contributed by atoms with Crippen LogP contribution in [0.5, 0.6) is 11.5 Å². The Morgan fingerprint density at radius 1 is 1.17 bits per heavy atom. The van der Waals surface area contributed by atoms with Crippen LogP contribution in [0.15, 0.2) is 62.9 Å². The minimum Gasteiger partial charge on any atom is -0.496 e. The van der Waals surface area contributed by atoms with Gasteiger partial charge in [-0.25, -0.2) is 9.78 Å². The monoisotopic (exact) mass is 639 g/mol. The summed E-state index contributed by atoms with van der Waals surface area (Å²) in [5.41, 5.74) is 3.51. The van der Waals surface area contributed by atoms with Crippen LogP contribution in [-0.4, -0.2) is 41.7 Å². The molecule has 0 aliphatic carbocycles. The van der Waals surface area contributed by atoms with E-state index < -0.39 is 12.1 Å². The van der Waals surface area contributed by atoms with Gasteiger partial charge in [-0.3, -0.25) is 4.79 Å². The Morgan fingerprint density at radius 3 is 2.56 bits per heavy atom. The van der Waals surface area contributed by atoms with Crippen molar-refractivity contribution in [1.82, 2.24) is 9.66 Å². The van der Waals surface area contributed by atoms with E-state index in [9.17, 15) is 9.59 Å². The molecule has 8 nitrogen and oxygen atoms in total. The molecule has 214 valence electrons. The standard InChI is InChI=1S/C31H31BrClN3O5/c1-7-40-31(38)19(5)41-28-24(32)13-20(14-25(28)33)16-34-36-29(35-26-11-9-8-10-21(26)30(36)37)23-15-22(17(2)3)27(39-6)12-18(23)4/h8-17,19H,7H2,1-6H3/t19-/m0/s1. The molecular formula is C31H31BrClN3O5. The highest BCUT2D eigenvalue weighted by Gasteiger charge is 2.21. The summed E-state index contributed by atoms with van der Waals surface area (Å²) in [5.74, 6) is 1.16. The Labute approximate surface area is 252 Å². The largest absolute Gasteiger partial charge is 0.496 e. The van der Waals surface area contributed by atoms with Gasteiger partial charge in [0, 0.05) is 5.56 Å². The lowest BCUT2D eigenvalue weighted by atomic mass is 9.96. The average Bonchev–Trinajstić information content (AvgIpc) is 2.94. The van der Waals surface area contributed by atoms with Crippen molar-refractivity contribution in [2.45, 2.75) is 46.6 Å². The summed E-state index contributed by atoms with van der Waals surface area (Å²) >= 11 is 9.98. The third kappa shape index (κ3) is 6.47. The van der Waals surface area contributed by atoms with Crippen molar-refractivity contribution in [1.29, 1.82) is 0 Å². The van der Waals surface area contributed by atoms with Crippen LogP contribution >= 0.6 is 27.5 Å². The van der Waals surface area contributed by atoms with Crippen molar-refractivity contribution in [3.8, 4) is 22.9 Å². The molecule has 1 aromatic heterocycles. The predicted molar refractivity (Wildman–Crippen MR) is 166 cm³/mol. The van der Waals surface area contributed by atoms with Crippen LogP contribution in [0.1, 0.15) is 50.3 Å². The van der Waals surface area contributed by atoms with Gasteiger partial charge >= 0.3 is 5.97 Å². The number of hydrogen-bond acceptors (Lipinski definition) is 7. The van der Waals surface area contributed by atoms with E-state index in [-0.39, 0.29) is 23.1 Å². The van der Waals surface area contributed by atoms with E-state index in [1.165, 1.54) is 10.9 Å². The number of methoxy groups -OCH3 is 1. The van der Waals surface area contributed by atoms with Gasteiger partial charge in [0.2, 0.25) is 0 Å². The number of ether oxygens (including phenoxy) is 3. The molecule has 0 saturated heterocycles. The third-order valence-electron chi connectivity index (χ3n) is 6.45. The highest BCUT2D eigenvalue weighted by atomic mass is 79.9. The lowest BCUT2D eigenvalue weighted by molar-refractivity contribution is -0.150. The topological polar surface area (TPSA) is 92.0 Å². The molecule has 0 bridgehead atoms. The maximum absolute atomic E-state index is 13.7. The Morgan fingerprint density at radius 2 is 1.90 bits per heavy atom. The number of benzene rings is 3. The van der Waals surface area contributed by atoms with Crippen molar-refractivity contribution in [3.05, 3.63) is 85.1 Å². The van der Waals surface area contributed by atoms with E-state index >= 15 is 0 Å². The van der Waals surface area contributed by atoms with Crippen molar-refractivity contribution in [2.75, 3.05) is 13.7 Å². The molecule has 0 aliphatic rings. The molecule has 0 N–H and O–H groups in total. The Kier molecular flexibility index (Phi) is 9.50. The third-order valence-corrected chi connectivity index (χ3v) is 7.32. The first kappa shape index (κ1) is 30.3. The van der Waals surface area contributed by atoms with Gasteiger partial charge in [-0.1, -0.05) is 37.6 Å². The van der Waals surface area contributed by atoms with Crippen LogP contribution in [0.3, 0.4) is 0 Å². The van der Waals surface area contributed by atoms with Crippen LogP contribution in [0, 0.1) is 6.92 Å². The Balaban J connectivity index is 1.83. The van der Waals surface area contributed by atoms with Gasteiger partial charge in [-0.2, -0.15) is 9.78 Å². The van der Waals surface area contributed by atoms with Crippen LogP contribution in [0.4, 0.5) is 0 Å². The number of para-hydroxylation sites is 1. The summed E-state index contributed by atoms with van der Waals surface area (Å²) in [4.78, 5) is 30.6. The van der Waals surface area contributed by atoms with Gasteiger partial charge < -0.3 is 14.2 Å². The number of esters is 1. The lowest BCUT2D eigenvalue weighted by Crippen LogP contribution is -2.26. The fraction of sp³-hybridized carbons (Fsp3) is 0.290.